The molecule has 0 spiro atoms. The number of benzene rings is 3. The Morgan fingerprint density at radius 3 is 2.53 bits per heavy atom. The summed E-state index contributed by atoms with van der Waals surface area (Å²) in [4.78, 5) is 24.6. The number of aliphatic imine (C=N–C) groups is 1. The van der Waals surface area contributed by atoms with Crippen LogP contribution in [0.5, 0.6) is 0 Å². The second-order valence-corrected chi connectivity index (χ2v) is 10.3. The van der Waals surface area contributed by atoms with Crippen molar-refractivity contribution in [2.75, 3.05) is 28.2 Å². The summed E-state index contributed by atoms with van der Waals surface area (Å²) in [7, 11) is 0. The normalized spacial score (nSPS) is 18.1. The number of aryl methyl sites for hydroxylation is 1. The number of para-hydroxylation sites is 1. The highest BCUT2D eigenvalue weighted by atomic mass is 32.2. The molecule has 6 nitrogen and oxygen atoms in total. The maximum atomic E-state index is 14.0. The third-order valence-electron chi connectivity index (χ3n) is 5.90. The van der Waals surface area contributed by atoms with Crippen molar-refractivity contribution < 1.29 is 4.79 Å². The lowest BCUT2D eigenvalue weighted by Crippen LogP contribution is -2.29. The molecule has 0 unspecified atom stereocenters. The first-order chi connectivity index (χ1) is 17.5. The lowest BCUT2D eigenvalue weighted by atomic mass is 10.2. The van der Waals surface area contributed by atoms with E-state index in [2.05, 4.69) is 35.3 Å². The van der Waals surface area contributed by atoms with Gasteiger partial charge in [-0.15, -0.1) is 0 Å². The number of amidine groups is 1. The molecule has 2 heterocycles. The number of nitrogens with one attached hydrogen (secondary N) is 1. The molecule has 0 saturated carbocycles. The van der Waals surface area contributed by atoms with Crippen molar-refractivity contribution in [3.63, 3.8) is 0 Å². The summed E-state index contributed by atoms with van der Waals surface area (Å²) in [5.74, 6) is -0.0993. The maximum absolute atomic E-state index is 14.0. The molecule has 5 rings (SSSR count). The molecule has 1 saturated heterocycles. The van der Waals surface area contributed by atoms with Gasteiger partial charge in [-0.2, -0.15) is 5.26 Å². The van der Waals surface area contributed by atoms with Gasteiger partial charge < -0.3 is 10.2 Å². The van der Waals surface area contributed by atoms with Crippen molar-refractivity contribution in [3.8, 4) is 6.07 Å². The fourth-order valence-electron chi connectivity index (χ4n) is 4.15. The molecular formula is C28H25N5OS2. The van der Waals surface area contributed by atoms with Gasteiger partial charge in [-0.1, -0.05) is 41.6 Å². The summed E-state index contributed by atoms with van der Waals surface area (Å²) in [5, 5.41) is 14.3. The minimum absolute atomic E-state index is 0.0993. The van der Waals surface area contributed by atoms with Crippen molar-refractivity contribution in [2.24, 2.45) is 4.99 Å². The van der Waals surface area contributed by atoms with E-state index < -0.39 is 0 Å². The summed E-state index contributed by atoms with van der Waals surface area (Å²) in [6.07, 6.45) is 0. The number of thioether (sulfide) groups is 2. The number of nitriles is 1. The molecule has 36 heavy (non-hydrogen) atoms. The third kappa shape index (κ3) is 4.36. The predicted molar refractivity (Wildman–Crippen MR) is 151 cm³/mol. The van der Waals surface area contributed by atoms with E-state index in [9.17, 15) is 10.1 Å². The number of hydrogen-bond acceptors (Lipinski definition) is 7. The molecule has 1 amide bonds. The topological polar surface area (TPSA) is 71.7 Å². The van der Waals surface area contributed by atoms with Crippen LogP contribution in [0.25, 0.3) is 0 Å². The van der Waals surface area contributed by atoms with E-state index in [-0.39, 0.29) is 5.91 Å². The first-order valence-electron chi connectivity index (χ1n) is 11.8. The highest BCUT2D eigenvalue weighted by molar-refractivity contribution is 8.20. The van der Waals surface area contributed by atoms with Crippen LogP contribution in [0, 0.1) is 18.3 Å². The molecule has 3 aromatic rings. The van der Waals surface area contributed by atoms with Crippen LogP contribution < -0.4 is 15.1 Å². The number of fused-ring (bicyclic) bond motifs is 1. The quantitative estimate of drug-likeness (QED) is 0.377. The van der Waals surface area contributed by atoms with Gasteiger partial charge in [-0.3, -0.25) is 9.69 Å². The van der Waals surface area contributed by atoms with Crippen LogP contribution in [0.2, 0.25) is 0 Å². The third-order valence-corrected chi connectivity index (χ3v) is 8.24. The maximum Gasteiger partial charge on any atom is 0.274 e. The molecule has 0 radical (unpaired) electrons. The molecular weight excluding hydrogens is 486 g/mol. The van der Waals surface area contributed by atoms with Crippen LogP contribution in [-0.2, 0) is 4.79 Å². The number of anilines is 3. The van der Waals surface area contributed by atoms with Gasteiger partial charge >= 0.3 is 0 Å². The van der Waals surface area contributed by atoms with Crippen molar-refractivity contribution >= 4 is 57.3 Å². The molecule has 8 heteroatoms. The molecule has 1 N–H and O–H groups in total. The Bertz CT molecular complexity index is 1440. The average molecular weight is 512 g/mol. The zero-order valence-corrected chi connectivity index (χ0v) is 21.9. The van der Waals surface area contributed by atoms with Gasteiger partial charge in [0, 0.05) is 18.0 Å². The Hall–Kier alpha value is -3.67. The molecule has 2 aliphatic rings. The number of carbonyl (C=O) groups excluding carboxylic acids is 1. The first kappa shape index (κ1) is 24.0. The van der Waals surface area contributed by atoms with Crippen LogP contribution in [0.4, 0.5) is 22.7 Å². The van der Waals surface area contributed by atoms with Crippen LogP contribution in [0.15, 0.2) is 86.6 Å². The molecule has 2 aliphatic heterocycles. The summed E-state index contributed by atoms with van der Waals surface area (Å²) in [5.41, 5.74) is 4.96. The number of carbonyl (C=O) groups is 1. The minimum atomic E-state index is -0.0993. The van der Waals surface area contributed by atoms with Gasteiger partial charge in [0.15, 0.2) is 5.17 Å². The zero-order valence-electron chi connectivity index (χ0n) is 20.3. The first-order valence-corrected chi connectivity index (χ1v) is 13.4. The van der Waals surface area contributed by atoms with Gasteiger partial charge in [0.05, 0.1) is 34.4 Å². The minimum Gasteiger partial charge on any atom is -0.384 e. The predicted octanol–water partition coefficient (Wildman–Crippen LogP) is 6.87. The van der Waals surface area contributed by atoms with E-state index in [1.54, 1.807) is 28.8 Å². The molecule has 1 fully saturated rings. The SMILES string of the molecule is CCNc1ccc(C#N)cc1N=C1SC(=C2Sc3ccccc3N2CC)C(=O)N1c1ccc(C)cc1. The zero-order chi connectivity index (χ0) is 25.2. The van der Waals surface area contributed by atoms with Crippen LogP contribution in [0.3, 0.4) is 0 Å². The Morgan fingerprint density at radius 1 is 1.03 bits per heavy atom. The fourth-order valence-corrected chi connectivity index (χ4v) is 6.54. The van der Waals surface area contributed by atoms with E-state index in [0.29, 0.717) is 27.9 Å². The number of amides is 1. The Morgan fingerprint density at radius 2 is 1.81 bits per heavy atom. The molecule has 180 valence electrons. The van der Waals surface area contributed by atoms with Crippen molar-refractivity contribution in [2.45, 2.75) is 25.7 Å². The summed E-state index contributed by atoms with van der Waals surface area (Å²) in [6.45, 7) is 7.60. The molecule has 3 aromatic carbocycles. The highest BCUT2D eigenvalue weighted by Crippen LogP contribution is 2.51. The van der Waals surface area contributed by atoms with E-state index in [0.717, 1.165) is 39.1 Å². The fraction of sp³-hybridized carbons (Fsp3) is 0.179. The Balaban J connectivity index is 1.66. The average Bonchev–Trinajstić information content (AvgIpc) is 3.42. The molecule has 0 atom stereocenters. The van der Waals surface area contributed by atoms with Gasteiger partial charge in [0.1, 0.15) is 9.93 Å². The van der Waals surface area contributed by atoms with Crippen LogP contribution in [-0.4, -0.2) is 24.2 Å². The lowest BCUT2D eigenvalue weighted by molar-refractivity contribution is -0.113. The summed E-state index contributed by atoms with van der Waals surface area (Å²) in [6, 6.07) is 23.7. The standard InChI is InChI=1S/C28H25N5OS2/c1-4-30-21-15-12-19(17-29)16-22(21)31-28-33(20-13-10-18(3)11-14-20)26(34)25(36-28)27-32(5-2)23-8-6-7-9-24(23)35-27/h6-16,30H,4-5H2,1-3H3. The Labute approximate surface area is 219 Å². The molecule has 0 aliphatic carbocycles. The van der Waals surface area contributed by atoms with Crippen molar-refractivity contribution in [1.29, 1.82) is 5.26 Å². The lowest BCUT2D eigenvalue weighted by Gasteiger charge is -2.19. The van der Waals surface area contributed by atoms with Gasteiger partial charge in [0.25, 0.3) is 5.91 Å². The van der Waals surface area contributed by atoms with Crippen molar-refractivity contribution in [3.05, 3.63) is 87.8 Å². The van der Waals surface area contributed by atoms with Crippen molar-refractivity contribution in [1.82, 2.24) is 0 Å². The second kappa shape index (κ2) is 10.1. The molecule has 0 bridgehead atoms. The van der Waals surface area contributed by atoms with E-state index in [4.69, 9.17) is 4.99 Å². The largest absolute Gasteiger partial charge is 0.384 e. The summed E-state index contributed by atoms with van der Waals surface area (Å²) >= 11 is 3.00. The monoisotopic (exact) mass is 511 g/mol. The van der Waals surface area contributed by atoms with Gasteiger partial charge in [-0.25, -0.2) is 4.99 Å². The highest BCUT2D eigenvalue weighted by Gasteiger charge is 2.40. The van der Waals surface area contributed by atoms with Crippen LogP contribution >= 0.6 is 23.5 Å². The van der Waals surface area contributed by atoms with E-state index in [1.807, 2.05) is 56.3 Å². The van der Waals surface area contributed by atoms with E-state index in [1.165, 1.54) is 11.8 Å². The van der Waals surface area contributed by atoms with E-state index >= 15 is 0 Å². The summed E-state index contributed by atoms with van der Waals surface area (Å²) < 4.78 is 0. The number of hydrogen-bond donors (Lipinski definition) is 1. The second-order valence-electron chi connectivity index (χ2n) is 8.29. The molecule has 0 aromatic heterocycles. The van der Waals surface area contributed by atoms with Gasteiger partial charge in [-0.05, 0) is 75.0 Å². The smallest absolute Gasteiger partial charge is 0.274 e. The Kier molecular flexibility index (Phi) is 6.77. The van der Waals surface area contributed by atoms with Crippen LogP contribution in [0.1, 0.15) is 25.0 Å². The number of rotatable bonds is 5. The number of nitrogens with zero attached hydrogens (tertiary/aromatic N) is 4. The van der Waals surface area contributed by atoms with Gasteiger partial charge in [0.2, 0.25) is 0 Å².